The minimum absolute atomic E-state index is 0.00958. The van der Waals surface area contributed by atoms with Crippen LogP contribution in [0.3, 0.4) is 0 Å². The Morgan fingerprint density at radius 3 is 1.74 bits per heavy atom. The number of hydrogen-bond donors (Lipinski definition) is 3. The van der Waals surface area contributed by atoms with Gasteiger partial charge in [-0.15, -0.1) is 0 Å². The largest absolute Gasteiger partial charge is 0.394 e. The highest BCUT2D eigenvalue weighted by Gasteiger charge is 2.01. The predicted molar refractivity (Wildman–Crippen MR) is 72.5 cm³/mol. The van der Waals surface area contributed by atoms with Gasteiger partial charge < -0.3 is 29.5 Å². The molecule has 0 aromatic heterocycles. The van der Waals surface area contributed by atoms with Gasteiger partial charge in [0, 0.05) is 13.5 Å². The number of aliphatic hydroxyl groups is 3. The summed E-state index contributed by atoms with van der Waals surface area (Å²) < 4.78 is 56.7. The summed E-state index contributed by atoms with van der Waals surface area (Å²) >= 11 is 0. The molecule has 144 valence electrons. The van der Waals surface area contributed by atoms with E-state index in [-0.39, 0.29) is 39.5 Å². The Hall–Kier alpha value is -0.560. The van der Waals surface area contributed by atoms with E-state index in [1.165, 1.54) is 7.11 Å². The van der Waals surface area contributed by atoms with Gasteiger partial charge in [0.05, 0.1) is 39.7 Å². The zero-order valence-electron chi connectivity index (χ0n) is 13.0. The summed E-state index contributed by atoms with van der Waals surface area (Å²) in [5.41, 5.74) is 0. The van der Waals surface area contributed by atoms with E-state index in [1.54, 1.807) is 0 Å². The fourth-order valence-electron chi connectivity index (χ4n) is 0.763. The topological polar surface area (TPSA) is 97.6 Å². The minimum atomic E-state index is -0.953. The molecular weight excluding hydrogens is 332 g/mol. The Bertz CT molecular complexity index is 191. The average molecular weight is 358 g/mol. The fourth-order valence-corrected chi connectivity index (χ4v) is 0.763. The molecule has 0 aromatic rings. The first kappa shape index (κ1) is 27.3. The first-order valence-corrected chi connectivity index (χ1v) is 6.56. The van der Waals surface area contributed by atoms with Crippen LogP contribution < -0.4 is 0 Å². The third-order valence-electron chi connectivity index (χ3n) is 1.70. The standard InChI is InChI=1S/C5H11FO3.C4H9FO3.C3H6F2O/c1-8-2-5(7)3-9-4-6;5-3-8-2-4(7)1-6;4-2-1-3-6-5/h5,7H,2-4H2,1H3;4,6-7H,1-3H2;1-3H2. The van der Waals surface area contributed by atoms with Crippen LogP contribution in [0.25, 0.3) is 0 Å². The first-order chi connectivity index (χ1) is 11.0. The van der Waals surface area contributed by atoms with E-state index in [4.69, 9.17) is 15.3 Å². The molecule has 23 heavy (non-hydrogen) atoms. The molecule has 0 radical (unpaired) electrons. The summed E-state index contributed by atoms with van der Waals surface area (Å²) in [6, 6.07) is 0. The van der Waals surface area contributed by atoms with Crippen molar-refractivity contribution in [2.45, 2.75) is 18.6 Å². The van der Waals surface area contributed by atoms with E-state index in [1.807, 2.05) is 0 Å². The minimum Gasteiger partial charge on any atom is -0.394 e. The number of aliphatic hydroxyl groups excluding tert-OH is 3. The second kappa shape index (κ2) is 26.3. The summed E-state index contributed by atoms with van der Waals surface area (Å²) in [4.78, 5) is 3.04. The molecule has 0 rings (SSSR count). The lowest BCUT2D eigenvalue weighted by atomic mass is 10.4. The Morgan fingerprint density at radius 1 is 0.913 bits per heavy atom. The van der Waals surface area contributed by atoms with Crippen molar-refractivity contribution in [1.29, 1.82) is 0 Å². The maximum absolute atomic E-state index is 11.2. The number of hydrogen-bond acceptors (Lipinski definition) is 7. The second-order valence-electron chi connectivity index (χ2n) is 3.76. The molecule has 0 saturated heterocycles. The summed E-state index contributed by atoms with van der Waals surface area (Å²) in [5.74, 6) is 0. The Kier molecular flexibility index (Phi) is 31.3. The van der Waals surface area contributed by atoms with Crippen LogP contribution >= 0.6 is 0 Å². The number of ether oxygens (including phenoxy) is 3. The second-order valence-corrected chi connectivity index (χ2v) is 3.76. The highest BCUT2D eigenvalue weighted by atomic mass is 19.3. The summed E-state index contributed by atoms with van der Waals surface area (Å²) in [6.45, 7) is -2.78. The molecule has 0 bridgehead atoms. The lowest BCUT2D eigenvalue weighted by Crippen LogP contribution is -2.20. The van der Waals surface area contributed by atoms with Crippen molar-refractivity contribution in [1.82, 2.24) is 0 Å². The van der Waals surface area contributed by atoms with Crippen molar-refractivity contribution in [2.75, 3.05) is 60.5 Å². The van der Waals surface area contributed by atoms with E-state index >= 15 is 0 Å². The van der Waals surface area contributed by atoms with Gasteiger partial charge in [-0.3, -0.25) is 4.39 Å². The molecular formula is C12H26F4O7. The summed E-state index contributed by atoms with van der Waals surface area (Å²) in [7, 11) is 1.46. The SMILES string of the molecule is COCC(O)COCF.FCCCOF.OCC(O)COCF. The Balaban J connectivity index is -0.000000266. The van der Waals surface area contributed by atoms with E-state index < -0.39 is 32.6 Å². The number of methoxy groups -OCH3 is 1. The maximum atomic E-state index is 11.2. The van der Waals surface area contributed by atoms with Gasteiger partial charge in [0.2, 0.25) is 0 Å². The summed E-state index contributed by atoms with van der Waals surface area (Å²) in [6.07, 6.45) is -1.52. The normalized spacial score (nSPS) is 12.5. The Morgan fingerprint density at radius 2 is 1.43 bits per heavy atom. The van der Waals surface area contributed by atoms with Crippen LogP contribution in [-0.4, -0.2) is 88.1 Å². The van der Waals surface area contributed by atoms with Gasteiger partial charge in [0.15, 0.2) is 13.7 Å². The highest BCUT2D eigenvalue weighted by Crippen LogP contribution is 1.85. The van der Waals surface area contributed by atoms with Crippen LogP contribution in [-0.2, 0) is 19.2 Å². The first-order valence-electron chi connectivity index (χ1n) is 6.56. The molecule has 0 aliphatic carbocycles. The average Bonchev–Trinajstić information content (AvgIpc) is 2.57. The fraction of sp³-hybridized carbons (Fsp3) is 1.00. The van der Waals surface area contributed by atoms with Crippen LogP contribution in [0.4, 0.5) is 17.7 Å². The molecule has 2 atom stereocenters. The third-order valence-corrected chi connectivity index (χ3v) is 1.70. The van der Waals surface area contributed by atoms with E-state index in [2.05, 4.69) is 19.2 Å². The lowest BCUT2D eigenvalue weighted by Gasteiger charge is -2.06. The number of alkyl halides is 3. The molecule has 0 aliphatic rings. The van der Waals surface area contributed by atoms with Crippen LogP contribution in [0.1, 0.15) is 6.42 Å². The quantitative estimate of drug-likeness (QED) is 0.345. The molecule has 0 spiro atoms. The molecule has 0 aromatic carbocycles. The Labute approximate surface area is 132 Å². The van der Waals surface area contributed by atoms with Gasteiger partial charge in [-0.2, -0.15) is 4.94 Å². The smallest absolute Gasteiger partial charge is 0.188 e. The van der Waals surface area contributed by atoms with Crippen LogP contribution in [0.2, 0.25) is 0 Å². The van der Waals surface area contributed by atoms with E-state index in [9.17, 15) is 17.7 Å². The van der Waals surface area contributed by atoms with Gasteiger partial charge in [-0.1, -0.05) is 0 Å². The van der Waals surface area contributed by atoms with Crippen LogP contribution in [0, 0.1) is 0 Å². The van der Waals surface area contributed by atoms with Crippen molar-refractivity contribution in [3.05, 3.63) is 0 Å². The monoisotopic (exact) mass is 358 g/mol. The predicted octanol–water partition coefficient (Wildman–Crippen LogP) is 0.468. The zero-order chi connectivity index (χ0) is 18.3. The maximum Gasteiger partial charge on any atom is 0.188 e. The van der Waals surface area contributed by atoms with Gasteiger partial charge >= 0.3 is 0 Å². The van der Waals surface area contributed by atoms with Gasteiger partial charge in [0.25, 0.3) is 0 Å². The van der Waals surface area contributed by atoms with Gasteiger partial charge in [-0.25, -0.2) is 8.78 Å². The van der Waals surface area contributed by atoms with Crippen molar-refractivity contribution >= 4 is 0 Å². The van der Waals surface area contributed by atoms with Crippen LogP contribution in [0.15, 0.2) is 0 Å². The molecule has 0 fully saturated rings. The number of halogens is 4. The third kappa shape index (κ3) is 34.0. The molecule has 0 aliphatic heterocycles. The highest BCUT2D eigenvalue weighted by molar-refractivity contribution is 4.48. The molecule has 11 heteroatoms. The number of rotatable bonds is 12. The molecule has 2 unspecified atom stereocenters. The molecule has 3 N–H and O–H groups in total. The molecule has 0 heterocycles. The van der Waals surface area contributed by atoms with E-state index in [0.29, 0.717) is 0 Å². The molecule has 7 nitrogen and oxygen atoms in total. The lowest BCUT2D eigenvalue weighted by molar-refractivity contribution is -0.133. The zero-order valence-corrected chi connectivity index (χ0v) is 13.0. The van der Waals surface area contributed by atoms with Gasteiger partial charge in [-0.05, 0) is 4.53 Å². The van der Waals surface area contributed by atoms with Crippen molar-refractivity contribution < 1.29 is 52.2 Å². The van der Waals surface area contributed by atoms with Crippen LogP contribution in [0.5, 0.6) is 0 Å². The molecule has 0 amide bonds. The molecule has 0 saturated carbocycles. The van der Waals surface area contributed by atoms with Crippen molar-refractivity contribution in [3.63, 3.8) is 0 Å². The summed E-state index contributed by atoms with van der Waals surface area (Å²) in [5, 5.41) is 25.3. The van der Waals surface area contributed by atoms with Crippen molar-refractivity contribution in [2.24, 2.45) is 0 Å². The van der Waals surface area contributed by atoms with Gasteiger partial charge in [0.1, 0.15) is 12.2 Å². The van der Waals surface area contributed by atoms with Crippen molar-refractivity contribution in [3.8, 4) is 0 Å². The van der Waals surface area contributed by atoms with E-state index in [0.717, 1.165) is 0 Å².